The molecule has 5 nitrogen and oxygen atoms in total. The molecule has 1 aromatic carbocycles. The van der Waals surface area contributed by atoms with Gasteiger partial charge in [-0.2, -0.15) is 0 Å². The number of nitrogens with one attached hydrogen (secondary N) is 2. The minimum atomic E-state index is -1.83. The van der Waals surface area contributed by atoms with Crippen LogP contribution in [-0.2, 0) is 9.53 Å². The van der Waals surface area contributed by atoms with Crippen molar-refractivity contribution in [3.8, 4) is 0 Å². The van der Waals surface area contributed by atoms with Crippen LogP contribution in [0.1, 0.15) is 31.1 Å². The van der Waals surface area contributed by atoms with Gasteiger partial charge in [0.25, 0.3) is 0 Å². The summed E-state index contributed by atoms with van der Waals surface area (Å²) in [5, 5.41) is 5.51. The van der Waals surface area contributed by atoms with Gasteiger partial charge in [0.2, 0.25) is 9.70 Å². The normalized spacial score (nSPS) is 13.2. The molecule has 1 atom stereocenters. The van der Waals surface area contributed by atoms with Crippen molar-refractivity contribution in [3.05, 3.63) is 29.8 Å². The zero-order chi connectivity index (χ0) is 17.8. The Labute approximate surface area is 150 Å². The molecule has 0 spiro atoms. The van der Waals surface area contributed by atoms with Crippen LogP contribution in [0.15, 0.2) is 24.3 Å². The fourth-order valence-electron chi connectivity index (χ4n) is 1.60. The van der Waals surface area contributed by atoms with E-state index in [1.807, 2.05) is 0 Å². The Morgan fingerprint density at radius 1 is 1.13 bits per heavy atom. The largest absolute Gasteiger partial charge is 0.465 e. The molecule has 1 aromatic rings. The smallest absolute Gasteiger partial charge is 0.339 e. The molecule has 0 aliphatic heterocycles. The maximum absolute atomic E-state index is 12.2. The molecule has 0 fully saturated rings. The highest BCUT2D eigenvalue weighted by atomic mass is 35.6. The van der Waals surface area contributed by atoms with E-state index in [0.717, 1.165) is 0 Å². The summed E-state index contributed by atoms with van der Waals surface area (Å²) in [6.45, 7) is 5.21. The maximum atomic E-state index is 12.2. The first-order valence-electron chi connectivity index (χ1n) is 6.78. The molecule has 0 heterocycles. The Morgan fingerprint density at radius 3 is 2.17 bits per heavy atom. The molecule has 1 rings (SSSR count). The quantitative estimate of drug-likeness (QED) is 0.473. The van der Waals surface area contributed by atoms with E-state index >= 15 is 0 Å². The number of esters is 1. The molecule has 0 bridgehead atoms. The fraction of sp³-hybridized carbons (Fsp3) is 0.467. The van der Waals surface area contributed by atoms with E-state index in [4.69, 9.17) is 39.5 Å². The van der Waals surface area contributed by atoms with Crippen LogP contribution in [0.3, 0.4) is 0 Å². The first-order chi connectivity index (χ1) is 10.5. The summed E-state index contributed by atoms with van der Waals surface area (Å²) in [5.41, 5.74) is -0.0262. The lowest BCUT2D eigenvalue weighted by atomic mass is 9.95. The van der Waals surface area contributed by atoms with Gasteiger partial charge in [-0.15, -0.1) is 0 Å². The van der Waals surface area contributed by atoms with Gasteiger partial charge in [-0.05, 0) is 12.1 Å². The molecule has 0 aromatic heterocycles. The number of rotatable bonds is 4. The predicted octanol–water partition coefficient (Wildman–Crippen LogP) is 3.74. The van der Waals surface area contributed by atoms with Crippen molar-refractivity contribution in [2.24, 2.45) is 5.41 Å². The molecule has 0 aliphatic rings. The van der Waals surface area contributed by atoms with Gasteiger partial charge in [-0.3, -0.25) is 4.79 Å². The summed E-state index contributed by atoms with van der Waals surface area (Å²) in [4.78, 5) is 24.0. The van der Waals surface area contributed by atoms with Crippen LogP contribution in [0.2, 0.25) is 0 Å². The first-order valence-corrected chi connectivity index (χ1v) is 7.91. The van der Waals surface area contributed by atoms with Gasteiger partial charge >= 0.3 is 5.97 Å². The van der Waals surface area contributed by atoms with E-state index in [1.54, 1.807) is 45.0 Å². The first kappa shape index (κ1) is 19.9. The van der Waals surface area contributed by atoms with Gasteiger partial charge < -0.3 is 15.4 Å². The van der Waals surface area contributed by atoms with Crippen molar-refractivity contribution < 1.29 is 14.3 Å². The minimum Gasteiger partial charge on any atom is -0.465 e. The number of benzene rings is 1. The van der Waals surface area contributed by atoms with E-state index in [1.165, 1.54) is 7.11 Å². The zero-order valence-electron chi connectivity index (χ0n) is 13.2. The Bertz CT molecular complexity index is 580. The molecule has 1 unspecified atom stereocenters. The number of ether oxygens (including phenoxy) is 1. The topological polar surface area (TPSA) is 67.4 Å². The Kier molecular flexibility index (Phi) is 6.57. The molecular formula is C15H19Cl3N2O3. The van der Waals surface area contributed by atoms with Gasteiger partial charge in [0.05, 0.1) is 18.4 Å². The third-order valence-electron chi connectivity index (χ3n) is 2.92. The second-order valence-corrected chi connectivity index (χ2v) is 8.25. The third kappa shape index (κ3) is 5.75. The van der Waals surface area contributed by atoms with E-state index in [0.29, 0.717) is 5.69 Å². The minimum absolute atomic E-state index is 0.263. The molecule has 2 N–H and O–H groups in total. The zero-order valence-corrected chi connectivity index (χ0v) is 15.5. The lowest BCUT2D eigenvalue weighted by molar-refractivity contribution is -0.129. The highest BCUT2D eigenvalue weighted by Crippen LogP contribution is 2.32. The lowest BCUT2D eigenvalue weighted by Gasteiger charge is -2.30. The van der Waals surface area contributed by atoms with Crippen LogP contribution >= 0.6 is 34.8 Å². The highest BCUT2D eigenvalue weighted by molar-refractivity contribution is 6.68. The fourth-order valence-corrected chi connectivity index (χ4v) is 1.93. The number of halogens is 3. The standard InChI is InChI=1S/C15H19Cl3N2O3/c1-14(2,3)13(22)20-12(15(16,17)18)19-10-8-6-5-7-9(10)11(21)23-4/h5-8,12,19H,1-4H3,(H,20,22). The molecule has 128 valence electrons. The lowest BCUT2D eigenvalue weighted by Crippen LogP contribution is -2.52. The van der Waals surface area contributed by atoms with Gasteiger partial charge in [0, 0.05) is 5.41 Å². The Morgan fingerprint density at radius 2 is 1.70 bits per heavy atom. The second-order valence-electron chi connectivity index (χ2n) is 5.88. The Balaban J connectivity index is 3.09. The number of carbonyl (C=O) groups excluding carboxylic acids is 2. The molecule has 0 saturated heterocycles. The molecule has 0 aliphatic carbocycles. The van der Waals surface area contributed by atoms with Crippen molar-refractivity contribution in [3.63, 3.8) is 0 Å². The van der Waals surface area contributed by atoms with Crippen molar-refractivity contribution in [2.75, 3.05) is 12.4 Å². The van der Waals surface area contributed by atoms with Crippen LogP contribution in [0.4, 0.5) is 5.69 Å². The number of amides is 1. The summed E-state index contributed by atoms with van der Waals surface area (Å²) < 4.78 is 2.89. The predicted molar refractivity (Wildman–Crippen MR) is 93.1 cm³/mol. The van der Waals surface area contributed by atoms with E-state index in [2.05, 4.69) is 10.6 Å². The number of hydrogen-bond acceptors (Lipinski definition) is 4. The molecule has 8 heteroatoms. The third-order valence-corrected chi connectivity index (χ3v) is 3.57. The van der Waals surface area contributed by atoms with Crippen LogP contribution in [0.5, 0.6) is 0 Å². The summed E-state index contributed by atoms with van der Waals surface area (Å²) in [6.07, 6.45) is -1.04. The number of alkyl halides is 3. The van der Waals surface area contributed by atoms with Crippen molar-refractivity contribution in [2.45, 2.75) is 30.7 Å². The number of hydrogen-bond donors (Lipinski definition) is 2. The van der Waals surface area contributed by atoms with Gasteiger partial charge in [0.15, 0.2) is 0 Å². The monoisotopic (exact) mass is 380 g/mol. The summed E-state index contributed by atoms with van der Waals surface area (Å²) >= 11 is 17.8. The molecule has 23 heavy (non-hydrogen) atoms. The average molecular weight is 382 g/mol. The van der Waals surface area contributed by atoms with E-state index in [-0.39, 0.29) is 11.5 Å². The van der Waals surface area contributed by atoms with E-state index < -0.39 is 21.3 Å². The number of anilines is 1. The van der Waals surface area contributed by atoms with Crippen molar-refractivity contribution in [1.82, 2.24) is 5.32 Å². The Hall–Kier alpha value is -1.17. The number of carbonyl (C=O) groups is 2. The summed E-state index contributed by atoms with van der Waals surface area (Å²) in [7, 11) is 1.27. The van der Waals surface area contributed by atoms with Crippen LogP contribution < -0.4 is 10.6 Å². The molecular weight excluding hydrogens is 363 g/mol. The van der Waals surface area contributed by atoms with Gasteiger partial charge in [-0.1, -0.05) is 67.7 Å². The summed E-state index contributed by atoms with van der Waals surface area (Å²) in [6, 6.07) is 6.57. The van der Waals surface area contributed by atoms with E-state index in [9.17, 15) is 9.59 Å². The van der Waals surface area contributed by atoms with Crippen LogP contribution in [0.25, 0.3) is 0 Å². The molecule has 0 radical (unpaired) electrons. The highest BCUT2D eigenvalue weighted by Gasteiger charge is 2.37. The number of para-hydroxylation sites is 1. The van der Waals surface area contributed by atoms with Gasteiger partial charge in [0.1, 0.15) is 6.17 Å². The van der Waals surface area contributed by atoms with Crippen molar-refractivity contribution >= 4 is 52.4 Å². The average Bonchev–Trinajstić information content (AvgIpc) is 2.44. The molecule has 0 saturated carbocycles. The van der Waals surface area contributed by atoms with Crippen molar-refractivity contribution in [1.29, 1.82) is 0 Å². The SMILES string of the molecule is COC(=O)c1ccccc1NC(NC(=O)C(C)(C)C)C(Cl)(Cl)Cl. The second kappa shape index (κ2) is 7.60. The summed E-state index contributed by atoms with van der Waals surface area (Å²) in [5.74, 6) is -0.852. The molecule has 1 amide bonds. The van der Waals surface area contributed by atoms with Crippen LogP contribution in [-0.4, -0.2) is 28.9 Å². The number of methoxy groups -OCH3 is 1. The van der Waals surface area contributed by atoms with Crippen LogP contribution in [0, 0.1) is 5.41 Å². The maximum Gasteiger partial charge on any atom is 0.339 e. The van der Waals surface area contributed by atoms with Gasteiger partial charge in [-0.25, -0.2) is 4.79 Å².